The van der Waals surface area contributed by atoms with Crippen LogP contribution in [0.15, 0.2) is 77.5 Å². The molecule has 10 heteroatoms. The molecule has 0 aliphatic heterocycles. The van der Waals surface area contributed by atoms with Crippen LogP contribution < -0.4 is 10.6 Å². The summed E-state index contributed by atoms with van der Waals surface area (Å²) in [6, 6.07) is 19.9. The lowest BCUT2D eigenvalue weighted by Gasteiger charge is -2.08. The number of fused-ring (bicyclic) bond motifs is 1. The summed E-state index contributed by atoms with van der Waals surface area (Å²) in [6.07, 6.45) is 1.80. The van der Waals surface area contributed by atoms with Gasteiger partial charge in [0, 0.05) is 22.3 Å². The van der Waals surface area contributed by atoms with Gasteiger partial charge in [0.1, 0.15) is 17.2 Å². The normalized spacial score (nSPS) is 11.0. The Bertz CT molecular complexity index is 1430. The van der Waals surface area contributed by atoms with E-state index in [-0.39, 0.29) is 5.82 Å². The molecule has 0 spiro atoms. The molecule has 0 bridgehead atoms. The van der Waals surface area contributed by atoms with E-state index in [9.17, 15) is 9.18 Å². The number of anilines is 1. The van der Waals surface area contributed by atoms with Gasteiger partial charge in [0.2, 0.25) is 5.13 Å². The Balaban J connectivity index is 1.20. The Kier molecular flexibility index (Phi) is 5.84. The predicted octanol–water partition coefficient (Wildman–Crippen LogP) is 5.77. The highest BCUT2D eigenvalue weighted by atomic mass is 79.9. The van der Waals surface area contributed by atoms with Crippen molar-refractivity contribution in [1.29, 1.82) is 0 Å². The van der Waals surface area contributed by atoms with Crippen LogP contribution in [-0.4, -0.2) is 25.8 Å². The van der Waals surface area contributed by atoms with Gasteiger partial charge in [-0.1, -0.05) is 51.5 Å². The summed E-state index contributed by atoms with van der Waals surface area (Å²) < 4.78 is 16.2. The molecular formula is C23H16BrFN6OS. The van der Waals surface area contributed by atoms with Crippen LogP contribution in [-0.2, 0) is 6.54 Å². The number of benzene rings is 3. The lowest BCUT2D eigenvalue weighted by atomic mass is 10.2. The lowest BCUT2D eigenvalue weighted by Crippen LogP contribution is -2.28. The average molecular weight is 523 g/mol. The molecule has 2 aromatic heterocycles. The first-order valence-electron chi connectivity index (χ1n) is 9.91. The second-order valence-corrected chi connectivity index (χ2v) is 9.04. The fraction of sp³-hybridized carbons (Fsp3) is 0.0435. The van der Waals surface area contributed by atoms with E-state index in [1.807, 2.05) is 53.1 Å². The summed E-state index contributed by atoms with van der Waals surface area (Å²) in [5.74, 6) is -0.380. The highest BCUT2D eigenvalue weighted by Gasteiger charge is 2.11. The molecular weight excluding hydrogens is 507 g/mol. The maximum atomic E-state index is 13.6. The fourth-order valence-corrected chi connectivity index (χ4v) is 4.52. The predicted molar refractivity (Wildman–Crippen MR) is 130 cm³/mol. The molecule has 0 unspecified atom stereocenters. The highest BCUT2D eigenvalue weighted by Crippen LogP contribution is 2.29. The van der Waals surface area contributed by atoms with E-state index in [1.165, 1.54) is 12.1 Å². The van der Waals surface area contributed by atoms with E-state index >= 15 is 0 Å². The number of urea groups is 1. The van der Waals surface area contributed by atoms with E-state index in [4.69, 9.17) is 0 Å². The maximum Gasteiger partial charge on any atom is 0.321 e. The third-order valence-corrected chi connectivity index (χ3v) is 6.22. The highest BCUT2D eigenvalue weighted by molar-refractivity contribution is 9.10. The second-order valence-electron chi connectivity index (χ2n) is 7.15. The molecule has 0 aliphatic rings. The first-order chi connectivity index (χ1) is 16.0. The van der Waals surface area contributed by atoms with Gasteiger partial charge < -0.3 is 5.32 Å². The molecule has 0 atom stereocenters. The average Bonchev–Trinajstić information content (AvgIpc) is 3.45. The van der Waals surface area contributed by atoms with Crippen LogP contribution in [0.4, 0.5) is 14.3 Å². The molecule has 0 saturated carbocycles. The van der Waals surface area contributed by atoms with Gasteiger partial charge in [0.25, 0.3) is 0 Å². The molecule has 33 heavy (non-hydrogen) atoms. The number of carbonyl (C=O) groups is 1. The smallest absolute Gasteiger partial charge is 0.321 e. The van der Waals surface area contributed by atoms with E-state index in [1.54, 1.807) is 12.4 Å². The van der Waals surface area contributed by atoms with Crippen molar-refractivity contribution in [2.75, 3.05) is 5.32 Å². The molecule has 2 heterocycles. The SMILES string of the molecule is O=C(NCc1ccc(-n2cnc3ccccc32)cc1)Nc1nnc(-c2cc(F)cc(Br)c2)s1. The molecule has 0 fully saturated rings. The van der Waals surface area contributed by atoms with Crippen molar-refractivity contribution in [3.05, 3.63) is 88.9 Å². The van der Waals surface area contributed by atoms with Crippen molar-refractivity contribution in [2.24, 2.45) is 0 Å². The number of nitrogens with one attached hydrogen (secondary N) is 2. The Morgan fingerprint density at radius 1 is 1.06 bits per heavy atom. The number of hydrogen-bond donors (Lipinski definition) is 2. The van der Waals surface area contributed by atoms with Gasteiger partial charge in [0.15, 0.2) is 0 Å². The second kappa shape index (κ2) is 9.08. The van der Waals surface area contributed by atoms with Gasteiger partial charge in [-0.15, -0.1) is 10.2 Å². The first kappa shape index (κ1) is 21.2. The molecule has 7 nitrogen and oxygen atoms in total. The van der Waals surface area contributed by atoms with Crippen molar-refractivity contribution in [2.45, 2.75) is 6.54 Å². The third kappa shape index (κ3) is 4.76. The van der Waals surface area contributed by atoms with Crippen LogP contribution >= 0.6 is 27.3 Å². The van der Waals surface area contributed by atoms with Gasteiger partial charge in [-0.05, 0) is 48.0 Å². The Labute approximate surface area is 200 Å². The molecule has 5 rings (SSSR count). The minimum atomic E-state index is -0.400. The quantitative estimate of drug-likeness (QED) is 0.307. The van der Waals surface area contributed by atoms with Crippen molar-refractivity contribution < 1.29 is 9.18 Å². The molecule has 0 saturated heterocycles. The van der Waals surface area contributed by atoms with Crippen molar-refractivity contribution >= 4 is 49.5 Å². The first-order valence-corrected chi connectivity index (χ1v) is 11.5. The van der Waals surface area contributed by atoms with Crippen LogP contribution in [0.5, 0.6) is 0 Å². The summed E-state index contributed by atoms with van der Waals surface area (Å²) in [5, 5.41) is 14.3. The van der Waals surface area contributed by atoms with E-state index < -0.39 is 6.03 Å². The molecule has 2 N–H and O–H groups in total. The summed E-state index contributed by atoms with van der Waals surface area (Å²) in [6.45, 7) is 0.347. The Morgan fingerprint density at radius 3 is 2.70 bits per heavy atom. The summed E-state index contributed by atoms with van der Waals surface area (Å²) in [4.78, 5) is 16.7. The van der Waals surface area contributed by atoms with Crippen LogP contribution in [0, 0.1) is 5.82 Å². The van der Waals surface area contributed by atoms with Crippen molar-refractivity contribution in [3.8, 4) is 16.3 Å². The van der Waals surface area contributed by atoms with Gasteiger partial charge in [0.05, 0.1) is 11.0 Å². The Morgan fingerprint density at radius 2 is 1.88 bits per heavy atom. The number of carbonyl (C=O) groups excluding carboxylic acids is 1. The van der Waals surface area contributed by atoms with Crippen molar-refractivity contribution in [1.82, 2.24) is 25.1 Å². The fourth-order valence-electron chi connectivity index (χ4n) is 3.33. The summed E-state index contributed by atoms with van der Waals surface area (Å²) >= 11 is 4.42. The van der Waals surface area contributed by atoms with Gasteiger partial charge in [-0.3, -0.25) is 9.88 Å². The summed E-state index contributed by atoms with van der Waals surface area (Å²) in [5.41, 5.74) is 4.48. The standard InChI is InChI=1S/C23H16BrFN6OS/c24-16-9-15(10-17(25)11-16)21-29-30-23(33-21)28-22(32)26-12-14-5-7-18(8-6-14)31-13-27-19-3-1-2-4-20(19)31/h1-11,13H,12H2,(H2,26,28,30,32). The lowest BCUT2D eigenvalue weighted by molar-refractivity contribution is 0.251. The molecule has 5 aromatic rings. The van der Waals surface area contributed by atoms with Gasteiger partial charge in [-0.2, -0.15) is 0 Å². The number of para-hydroxylation sites is 2. The number of imidazole rings is 1. The van der Waals surface area contributed by atoms with Gasteiger partial charge >= 0.3 is 6.03 Å². The van der Waals surface area contributed by atoms with E-state index in [0.29, 0.717) is 26.7 Å². The third-order valence-electron chi connectivity index (χ3n) is 4.88. The maximum absolute atomic E-state index is 13.6. The van der Waals surface area contributed by atoms with Crippen LogP contribution in [0.3, 0.4) is 0 Å². The number of rotatable bonds is 5. The van der Waals surface area contributed by atoms with Crippen LogP contribution in [0.2, 0.25) is 0 Å². The largest absolute Gasteiger partial charge is 0.334 e. The number of aromatic nitrogens is 4. The zero-order valence-corrected chi connectivity index (χ0v) is 19.4. The Hall–Kier alpha value is -3.63. The van der Waals surface area contributed by atoms with Gasteiger partial charge in [-0.25, -0.2) is 14.2 Å². The van der Waals surface area contributed by atoms with Crippen LogP contribution in [0.25, 0.3) is 27.3 Å². The molecule has 2 amide bonds. The number of nitrogens with zero attached hydrogens (tertiary/aromatic N) is 4. The minimum Gasteiger partial charge on any atom is -0.334 e. The monoisotopic (exact) mass is 522 g/mol. The topological polar surface area (TPSA) is 84.7 Å². The molecule has 0 aliphatic carbocycles. The number of amides is 2. The number of halogens is 2. The van der Waals surface area contributed by atoms with E-state index in [0.717, 1.165) is 33.6 Å². The zero-order chi connectivity index (χ0) is 22.8. The zero-order valence-electron chi connectivity index (χ0n) is 17.0. The molecule has 164 valence electrons. The van der Waals surface area contributed by atoms with E-state index in [2.05, 4.69) is 41.7 Å². The molecule has 3 aromatic carbocycles. The summed E-state index contributed by atoms with van der Waals surface area (Å²) in [7, 11) is 0. The molecule has 0 radical (unpaired) electrons. The minimum absolute atomic E-state index is 0.324. The van der Waals surface area contributed by atoms with Crippen molar-refractivity contribution in [3.63, 3.8) is 0 Å². The number of hydrogen-bond acceptors (Lipinski definition) is 5. The van der Waals surface area contributed by atoms with Crippen LogP contribution in [0.1, 0.15) is 5.56 Å².